The molecule has 0 aromatic heterocycles. The van der Waals surface area contributed by atoms with Crippen LogP contribution in [0.5, 0.6) is 0 Å². The topological polar surface area (TPSA) is 52.3 Å². The van der Waals surface area contributed by atoms with Crippen molar-refractivity contribution in [3.8, 4) is 0 Å². The zero-order valence-electron chi connectivity index (χ0n) is 10.3. The predicted molar refractivity (Wildman–Crippen MR) is 62.9 cm³/mol. The van der Waals surface area contributed by atoms with Crippen molar-refractivity contribution < 1.29 is 9.53 Å². The number of methoxy groups -OCH3 is 1. The van der Waals surface area contributed by atoms with Gasteiger partial charge in [-0.3, -0.25) is 4.79 Å². The highest BCUT2D eigenvalue weighted by atomic mass is 16.5. The Labute approximate surface area is 93.4 Å². The van der Waals surface area contributed by atoms with E-state index in [2.05, 4.69) is 0 Å². The molecular formula is C12H25NO2. The quantitative estimate of drug-likeness (QED) is 0.785. The van der Waals surface area contributed by atoms with E-state index in [-0.39, 0.29) is 5.60 Å². The molecule has 1 rings (SSSR count). The van der Waals surface area contributed by atoms with Gasteiger partial charge < -0.3 is 10.5 Å². The molecule has 3 nitrogen and oxygen atoms in total. The Hall–Kier alpha value is -0.410. The molecule has 0 atom stereocenters. The maximum atomic E-state index is 10.5. The lowest BCUT2D eigenvalue weighted by Crippen LogP contribution is -2.25. The molecule has 0 aromatic rings. The monoisotopic (exact) mass is 215 g/mol. The van der Waals surface area contributed by atoms with Crippen LogP contribution >= 0.6 is 0 Å². The van der Waals surface area contributed by atoms with E-state index in [1.807, 2.05) is 13.8 Å². The number of ketones is 1. The third-order valence-electron chi connectivity index (χ3n) is 2.71. The van der Waals surface area contributed by atoms with E-state index in [0.29, 0.717) is 12.3 Å². The van der Waals surface area contributed by atoms with Crippen LogP contribution in [0.4, 0.5) is 0 Å². The average molecular weight is 215 g/mol. The van der Waals surface area contributed by atoms with Gasteiger partial charge in [0.25, 0.3) is 0 Å². The number of rotatable bonds is 3. The number of carbonyl (C=O) groups is 1. The van der Waals surface area contributed by atoms with Crippen molar-refractivity contribution >= 4 is 5.78 Å². The second-order valence-electron chi connectivity index (χ2n) is 4.60. The second kappa shape index (κ2) is 7.83. The Kier molecular flexibility index (Phi) is 7.61. The van der Waals surface area contributed by atoms with Crippen LogP contribution in [0.2, 0.25) is 0 Å². The van der Waals surface area contributed by atoms with E-state index < -0.39 is 0 Å². The molecule has 0 unspecified atom stereocenters. The third kappa shape index (κ3) is 8.58. The van der Waals surface area contributed by atoms with Crippen LogP contribution in [0.1, 0.15) is 52.4 Å². The lowest BCUT2D eigenvalue weighted by Gasteiger charge is -2.21. The molecule has 0 heterocycles. The Bertz CT molecular complexity index is 170. The summed E-state index contributed by atoms with van der Waals surface area (Å²) >= 11 is 0. The van der Waals surface area contributed by atoms with Crippen LogP contribution in [0, 0.1) is 0 Å². The van der Waals surface area contributed by atoms with Gasteiger partial charge in [0.05, 0.1) is 5.60 Å². The highest BCUT2D eigenvalue weighted by Crippen LogP contribution is 2.12. The Morgan fingerprint density at radius 2 is 1.80 bits per heavy atom. The van der Waals surface area contributed by atoms with Crippen LogP contribution in [-0.2, 0) is 9.53 Å². The molecule has 0 saturated heterocycles. The first-order valence-corrected chi connectivity index (χ1v) is 5.79. The Balaban J connectivity index is 0.000000262. The summed E-state index contributed by atoms with van der Waals surface area (Å²) in [5.74, 6) is 0.464. The number of carbonyl (C=O) groups excluding carboxylic acids is 1. The van der Waals surface area contributed by atoms with Gasteiger partial charge in [-0.2, -0.15) is 0 Å². The van der Waals surface area contributed by atoms with Crippen molar-refractivity contribution in [3.05, 3.63) is 0 Å². The first-order chi connectivity index (χ1) is 7.02. The summed E-state index contributed by atoms with van der Waals surface area (Å²) in [6.45, 7) is 4.75. The van der Waals surface area contributed by atoms with Crippen molar-refractivity contribution in [2.75, 3.05) is 13.7 Å². The molecule has 0 bridgehead atoms. The van der Waals surface area contributed by atoms with Crippen molar-refractivity contribution in [1.82, 2.24) is 0 Å². The number of ether oxygens (including phenoxy) is 1. The van der Waals surface area contributed by atoms with Crippen molar-refractivity contribution in [2.24, 2.45) is 5.73 Å². The van der Waals surface area contributed by atoms with Gasteiger partial charge in [-0.25, -0.2) is 0 Å². The van der Waals surface area contributed by atoms with E-state index in [4.69, 9.17) is 10.5 Å². The highest BCUT2D eigenvalue weighted by molar-refractivity contribution is 5.78. The van der Waals surface area contributed by atoms with E-state index in [1.165, 1.54) is 6.42 Å². The lowest BCUT2D eigenvalue weighted by molar-refractivity contribution is -0.120. The van der Waals surface area contributed by atoms with Crippen LogP contribution < -0.4 is 5.73 Å². The molecule has 15 heavy (non-hydrogen) atoms. The second-order valence-corrected chi connectivity index (χ2v) is 4.60. The summed E-state index contributed by atoms with van der Waals surface area (Å²) < 4.78 is 5.10. The molecule has 90 valence electrons. The van der Waals surface area contributed by atoms with Crippen LogP contribution in [0.3, 0.4) is 0 Å². The molecule has 1 aliphatic rings. The van der Waals surface area contributed by atoms with E-state index in [0.717, 1.165) is 32.1 Å². The molecule has 1 saturated carbocycles. The molecular weight excluding hydrogens is 190 g/mol. The normalized spacial score (nSPS) is 16.9. The fraction of sp³-hybridized carbons (Fsp3) is 0.917. The van der Waals surface area contributed by atoms with Gasteiger partial charge in [0, 0.05) is 20.0 Å². The number of nitrogens with two attached hydrogens (primary N) is 1. The molecule has 1 aliphatic carbocycles. The van der Waals surface area contributed by atoms with Crippen LogP contribution in [0.15, 0.2) is 0 Å². The van der Waals surface area contributed by atoms with Gasteiger partial charge in [-0.05, 0) is 39.7 Å². The molecule has 2 N–H and O–H groups in total. The minimum atomic E-state index is -0.0330. The SMILES string of the molecule is COC(C)(C)CCN.O=C1CCCCC1. The molecule has 0 aromatic carbocycles. The lowest BCUT2D eigenvalue weighted by atomic mass is 10.00. The first-order valence-electron chi connectivity index (χ1n) is 5.79. The fourth-order valence-electron chi connectivity index (χ4n) is 1.40. The summed E-state index contributed by atoms with van der Waals surface area (Å²) in [6.07, 6.45) is 6.16. The van der Waals surface area contributed by atoms with Gasteiger partial charge in [0.15, 0.2) is 0 Å². The summed E-state index contributed by atoms with van der Waals surface area (Å²) in [5.41, 5.74) is 5.28. The molecule has 0 spiro atoms. The summed E-state index contributed by atoms with van der Waals surface area (Å²) in [4.78, 5) is 10.5. The fourth-order valence-corrected chi connectivity index (χ4v) is 1.40. The van der Waals surface area contributed by atoms with Gasteiger partial charge in [0.1, 0.15) is 5.78 Å². The molecule has 3 heteroatoms. The van der Waals surface area contributed by atoms with Gasteiger partial charge in [0.2, 0.25) is 0 Å². The van der Waals surface area contributed by atoms with Crippen LogP contribution in [0.25, 0.3) is 0 Å². The average Bonchev–Trinajstić information content (AvgIpc) is 2.20. The summed E-state index contributed by atoms with van der Waals surface area (Å²) in [5, 5.41) is 0. The first kappa shape index (κ1) is 14.6. The molecule has 0 radical (unpaired) electrons. The number of Topliss-reactive ketones (excluding diaryl/α,β-unsaturated/α-hetero) is 1. The minimum Gasteiger partial charge on any atom is -0.379 e. The molecule has 0 amide bonds. The van der Waals surface area contributed by atoms with Crippen molar-refractivity contribution in [1.29, 1.82) is 0 Å². The summed E-state index contributed by atoms with van der Waals surface area (Å²) in [7, 11) is 1.70. The van der Waals surface area contributed by atoms with Gasteiger partial charge >= 0.3 is 0 Å². The smallest absolute Gasteiger partial charge is 0.132 e. The van der Waals surface area contributed by atoms with Crippen molar-refractivity contribution in [2.45, 2.75) is 58.0 Å². The zero-order valence-corrected chi connectivity index (χ0v) is 10.3. The Morgan fingerprint density at radius 1 is 1.27 bits per heavy atom. The standard InChI is InChI=1S/C6H15NO.C6H10O/c1-6(2,8-3)4-5-7;7-6-4-2-1-3-5-6/h4-5,7H2,1-3H3;1-5H2. The minimum absolute atomic E-state index is 0.0330. The predicted octanol–water partition coefficient (Wildman–Crippen LogP) is 2.28. The molecule has 1 fully saturated rings. The summed E-state index contributed by atoms with van der Waals surface area (Å²) in [6, 6.07) is 0. The van der Waals surface area contributed by atoms with Gasteiger partial charge in [-0.1, -0.05) is 6.42 Å². The van der Waals surface area contributed by atoms with E-state index in [1.54, 1.807) is 7.11 Å². The maximum Gasteiger partial charge on any atom is 0.132 e. The van der Waals surface area contributed by atoms with E-state index >= 15 is 0 Å². The largest absolute Gasteiger partial charge is 0.379 e. The van der Waals surface area contributed by atoms with Crippen LogP contribution in [-0.4, -0.2) is 25.0 Å². The van der Waals surface area contributed by atoms with Crippen molar-refractivity contribution in [3.63, 3.8) is 0 Å². The van der Waals surface area contributed by atoms with E-state index in [9.17, 15) is 4.79 Å². The molecule has 0 aliphatic heterocycles. The highest BCUT2D eigenvalue weighted by Gasteiger charge is 2.13. The Morgan fingerprint density at radius 3 is 2.00 bits per heavy atom. The number of hydrogen-bond donors (Lipinski definition) is 1. The number of hydrogen-bond acceptors (Lipinski definition) is 3. The third-order valence-corrected chi connectivity index (χ3v) is 2.71. The zero-order chi connectivity index (χ0) is 11.7. The van der Waals surface area contributed by atoms with Gasteiger partial charge in [-0.15, -0.1) is 0 Å². The maximum absolute atomic E-state index is 10.5.